The Morgan fingerprint density at radius 3 is 2.69 bits per heavy atom. The lowest BCUT2D eigenvalue weighted by Crippen LogP contribution is -2.23. The van der Waals surface area contributed by atoms with E-state index in [1.54, 1.807) is 50.2 Å². The molecule has 0 aliphatic heterocycles. The van der Waals surface area contributed by atoms with E-state index < -0.39 is 12.1 Å². The average Bonchev–Trinajstić information content (AvgIpc) is 3.13. The number of nitrogens with zero attached hydrogens (tertiary/aromatic N) is 3. The molecule has 2 N–H and O–H groups in total. The smallest absolute Gasteiger partial charge is 0.247 e. The van der Waals surface area contributed by atoms with E-state index >= 15 is 0 Å². The Labute approximate surface area is 157 Å². The van der Waals surface area contributed by atoms with E-state index in [1.165, 1.54) is 0 Å². The highest BCUT2D eigenvalue weighted by atomic mass is 35.5. The molecule has 0 unspecified atom stereocenters. The molecule has 0 saturated heterocycles. The summed E-state index contributed by atoms with van der Waals surface area (Å²) in [6.07, 6.45) is -0.831. The molecule has 1 aromatic heterocycles. The van der Waals surface area contributed by atoms with Crippen molar-refractivity contribution in [1.29, 1.82) is 5.26 Å². The van der Waals surface area contributed by atoms with Crippen LogP contribution >= 0.6 is 11.6 Å². The number of hydrogen-bond donors (Lipinski definition) is 2. The molecule has 3 aromatic rings. The molecule has 3 rings (SSSR count). The minimum Gasteiger partial charge on any atom is -0.418 e. The lowest BCUT2D eigenvalue weighted by atomic mass is 10.1. The highest BCUT2D eigenvalue weighted by Gasteiger charge is 2.25. The minimum atomic E-state index is -0.831. The molecule has 132 valence electrons. The first-order valence-electron chi connectivity index (χ1n) is 8.45. The van der Waals surface area contributed by atoms with Crippen LogP contribution in [0.15, 0.2) is 46.9 Å². The van der Waals surface area contributed by atoms with Crippen molar-refractivity contribution in [2.24, 2.45) is 0 Å². The Balaban J connectivity index is 1.90. The molecule has 1 heterocycles. The highest BCUT2D eigenvalue weighted by Crippen LogP contribution is 2.31. The summed E-state index contributed by atoms with van der Waals surface area (Å²) >= 11 is 6.21. The van der Waals surface area contributed by atoms with Crippen molar-refractivity contribution in [2.75, 3.05) is 5.32 Å². The summed E-state index contributed by atoms with van der Waals surface area (Å²) in [5.41, 5.74) is 2.41. The van der Waals surface area contributed by atoms with Gasteiger partial charge >= 0.3 is 0 Å². The molecule has 2 atom stereocenters. The normalized spacial score (nSPS) is 13.6. The Morgan fingerprint density at radius 2 is 2.04 bits per heavy atom. The topological polar surface area (TPSA) is 95.0 Å². The van der Waals surface area contributed by atoms with Crippen molar-refractivity contribution in [3.63, 3.8) is 0 Å². The fraction of sp³-hybridized carbons (Fsp3) is 0.211. The molecule has 7 heteroatoms. The summed E-state index contributed by atoms with van der Waals surface area (Å²) in [4.78, 5) is 0. The standard InChI is InChI=1S/C19H17ClN4O2/c1-11-15(9-8-14(10-21)16(11)20)22-17(12(2)25)19-24-23-18(26-19)13-6-4-3-5-7-13/h3-9,12,17,22,25H,1-2H3/t12-,17+/m0/s1/i3D. The van der Waals surface area contributed by atoms with Crippen LogP contribution in [0, 0.1) is 18.3 Å². The van der Waals surface area contributed by atoms with E-state index in [2.05, 4.69) is 15.5 Å². The number of nitrogens with one attached hydrogen (secondary N) is 1. The summed E-state index contributed by atoms with van der Waals surface area (Å²) in [5, 5.41) is 30.9. The second kappa shape index (κ2) is 7.56. The molecular formula is C19H17ClN4O2. The van der Waals surface area contributed by atoms with Crippen molar-refractivity contribution < 1.29 is 10.9 Å². The first-order valence-corrected chi connectivity index (χ1v) is 8.32. The zero-order valence-corrected chi connectivity index (χ0v) is 14.9. The number of hydrogen-bond acceptors (Lipinski definition) is 6. The molecule has 0 bridgehead atoms. The zero-order chi connectivity index (χ0) is 19.6. The van der Waals surface area contributed by atoms with Gasteiger partial charge in [0.2, 0.25) is 11.8 Å². The van der Waals surface area contributed by atoms with Crippen LogP contribution in [0.5, 0.6) is 0 Å². The average molecular weight is 370 g/mol. The Morgan fingerprint density at radius 1 is 1.31 bits per heavy atom. The molecule has 6 nitrogen and oxygen atoms in total. The molecule has 0 radical (unpaired) electrons. The van der Waals surface area contributed by atoms with Gasteiger partial charge < -0.3 is 14.8 Å². The quantitative estimate of drug-likeness (QED) is 0.702. The first kappa shape index (κ1) is 16.6. The van der Waals surface area contributed by atoms with Crippen LogP contribution in [0.2, 0.25) is 5.02 Å². The minimum absolute atomic E-state index is 0.217. The monoisotopic (exact) mass is 369 g/mol. The number of anilines is 1. The predicted octanol–water partition coefficient (Wildman–Crippen LogP) is 4.10. The van der Waals surface area contributed by atoms with Crippen molar-refractivity contribution >= 4 is 17.3 Å². The number of aromatic nitrogens is 2. The van der Waals surface area contributed by atoms with Crippen LogP contribution in [0.4, 0.5) is 5.69 Å². The molecule has 0 aliphatic carbocycles. The van der Waals surface area contributed by atoms with Gasteiger partial charge in [-0.1, -0.05) is 29.8 Å². The predicted molar refractivity (Wildman–Crippen MR) is 98.7 cm³/mol. The number of nitriles is 1. The SMILES string of the molecule is [2H]c1ccc(-c2nnc([C@H](Nc3ccc(C#N)c(Cl)c3C)[C@H](C)O)o2)cc1. The molecule has 0 spiro atoms. The lowest BCUT2D eigenvalue weighted by molar-refractivity contribution is 0.159. The van der Waals surface area contributed by atoms with E-state index in [1.807, 2.05) is 6.07 Å². The van der Waals surface area contributed by atoms with Crippen LogP contribution in [-0.2, 0) is 0 Å². The summed E-state index contributed by atoms with van der Waals surface area (Å²) in [5.74, 6) is 0.516. The van der Waals surface area contributed by atoms with Crippen LogP contribution in [0.25, 0.3) is 11.5 Å². The summed E-state index contributed by atoms with van der Waals surface area (Å²) in [6.45, 7) is 3.39. The van der Waals surface area contributed by atoms with Gasteiger partial charge in [-0.15, -0.1) is 10.2 Å². The van der Waals surface area contributed by atoms with E-state index in [-0.39, 0.29) is 5.89 Å². The highest BCUT2D eigenvalue weighted by molar-refractivity contribution is 6.32. The van der Waals surface area contributed by atoms with E-state index in [4.69, 9.17) is 22.7 Å². The van der Waals surface area contributed by atoms with Crippen molar-refractivity contribution in [1.82, 2.24) is 10.2 Å². The second-order valence-corrected chi connectivity index (χ2v) is 6.19. The fourth-order valence-corrected chi connectivity index (χ4v) is 2.70. The largest absolute Gasteiger partial charge is 0.418 e. The van der Waals surface area contributed by atoms with Crippen molar-refractivity contribution in [3.05, 3.63) is 64.5 Å². The molecule has 0 fully saturated rings. The molecule has 0 saturated carbocycles. The van der Waals surface area contributed by atoms with E-state index in [0.29, 0.717) is 39.3 Å². The molecule has 2 aromatic carbocycles. The molecule has 0 amide bonds. The first-order chi connectivity index (χ1) is 12.9. The summed E-state index contributed by atoms with van der Waals surface area (Å²) < 4.78 is 13.3. The number of rotatable bonds is 5. The molecule has 26 heavy (non-hydrogen) atoms. The van der Waals surface area contributed by atoms with Crippen LogP contribution < -0.4 is 5.32 Å². The third-order valence-electron chi connectivity index (χ3n) is 3.97. The van der Waals surface area contributed by atoms with Gasteiger partial charge in [0.05, 0.1) is 18.1 Å². The van der Waals surface area contributed by atoms with Gasteiger partial charge in [0.15, 0.2) is 0 Å². The third-order valence-corrected chi connectivity index (χ3v) is 4.46. The van der Waals surface area contributed by atoms with Crippen LogP contribution in [-0.4, -0.2) is 21.4 Å². The number of benzene rings is 2. The van der Waals surface area contributed by atoms with Gasteiger partial charge in [0.1, 0.15) is 12.1 Å². The van der Waals surface area contributed by atoms with E-state index in [9.17, 15) is 5.11 Å². The van der Waals surface area contributed by atoms with Gasteiger partial charge in [-0.2, -0.15) is 5.26 Å². The van der Waals surface area contributed by atoms with Crippen LogP contribution in [0.1, 0.15) is 31.4 Å². The third kappa shape index (κ3) is 3.54. The van der Waals surface area contributed by atoms with Gasteiger partial charge in [-0.05, 0) is 43.7 Å². The summed E-state index contributed by atoms with van der Waals surface area (Å²) in [6, 6.07) is 11.8. The van der Waals surface area contributed by atoms with Gasteiger partial charge in [-0.25, -0.2) is 0 Å². The van der Waals surface area contributed by atoms with E-state index in [0.717, 1.165) is 0 Å². The van der Waals surface area contributed by atoms with Gasteiger partial charge in [0.25, 0.3) is 0 Å². The van der Waals surface area contributed by atoms with Crippen molar-refractivity contribution in [3.8, 4) is 17.5 Å². The number of aliphatic hydroxyl groups is 1. The molecule has 0 aliphatic rings. The molecular weight excluding hydrogens is 352 g/mol. The lowest BCUT2D eigenvalue weighted by Gasteiger charge is -2.21. The Kier molecular flexibility index (Phi) is 4.82. The maximum absolute atomic E-state index is 10.2. The Hall–Kier alpha value is -2.88. The van der Waals surface area contributed by atoms with Gasteiger partial charge in [-0.3, -0.25) is 0 Å². The number of aliphatic hydroxyl groups excluding tert-OH is 1. The van der Waals surface area contributed by atoms with Crippen molar-refractivity contribution in [2.45, 2.75) is 26.0 Å². The van der Waals surface area contributed by atoms with Gasteiger partial charge in [0, 0.05) is 11.3 Å². The zero-order valence-electron chi connectivity index (χ0n) is 15.2. The maximum Gasteiger partial charge on any atom is 0.247 e. The van der Waals surface area contributed by atoms with Crippen LogP contribution in [0.3, 0.4) is 0 Å². The fourth-order valence-electron chi connectivity index (χ4n) is 2.49. The Bertz CT molecular complexity index is 996. The summed E-state index contributed by atoms with van der Waals surface area (Å²) in [7, 11) is 0. The number of halogens is 1. The maximum atomic E-state index is 10.2. The second-order valence-electron chi connectivity index (χ2n) is 5.81.